The Bertz CT molecular complexity index is 215. The van der Waals surface area contributed by atoms with Crippen LogP contribution in [0.15, 0.2) is 0 Å². The SMILES string of the molecule is CC.CC(C)(C)OC(=O)N1CCC(CO)CC1. The number of amides is 1. The van der Waals surface area contributed by atoms with E-state index >= 15 is 0 Å². The first-order valence-corrected chi connectivity index (χ1v) is 6.51. The standard InChI is InChI=1S/C11H21NO3.C2H6/c1-11(2,3)15-10(14)12-6-4-9(8-13)5-7-12;1-2/h9,13H,4-8H2,1-3H3;1-2H3. The number of nitrogens with zero attached hydrogens (tertiary/aromatic N) is 1. The Labute approximate surface area is 105 Å². The van der Waals surface area contributed by atoms with Gasteiger partial charge in [0.2, 0.25) is 0 Å². The van der Waals surface area contributed by atoms with Gasteiger partial charge < -0.3 is 14.7 Å². The molecule has 0 aliphatic carbocycles. The number of aliphatic hydroxyl groups excluding tert-OH is 1. The molecule has 0 bridgehead atoms. The summed E-state index contributed by atoms with van der Waals surface area (Å²) in [7, 11) is 0. The van der Waals surface area contributed by atoms with Crippen molar-refractivity contribution >= 4 is 6.09 Å². The first-order valence-electron chi connectivity index (χ1n) is 6.51. The van der Waals surface area contributed by atoms with E-state index in [1.54, 1.807) is 4.90 Å². The highest BCUT2D eigenvalue weighted by Gasteiger charge is 2.26. The number of hydrogen-bond donors (Lipinski definition) is 1. The molecule has 0 spiro atoms. The Morgan fingerprint density at radius 2 is 1.76 bits per heavy atom. The maximum atomic E-state index is 11.6. The lowest BCUT2D eigenvalue weighted by Gasteiger charge is -2.32. The Morgan fingerprint density at radius 3 is 2.12 bits per heavy atom. The van der Waals surface area contributed by atoms with Crippen LogP contribution in [0.2, 0.25) is 0 Å². The molecule has 102 valence electrons. The minimum Gasteiger partial charge on any atom is -0.444 e. The van der Waals surface area contributed by atoms with E-state index in [-0.39, 0.29) is 12.7 Å². The minimum atomic E-state index is -0.426. The van der Waals surface area contributed by atoms with Gasteiger partial charge in [-0.25, -0.2) is 4.79 Å². The third kappa shape index (κ3) is 6.51. The second-order valence-corrected chi connectivity index (χ2v) is 5.09. The first-order chi connectivity index (χ1) is 7.92. The number of aliphatic hydroxyl groups is 1. The summed E-state index contributed by atoms with van der Waals surface area (Å²) in [6.07, 6.45) is 1.50. The smallest absolute Gasteiger partial charge is 0.410 e. The molecule has 4 nitrogen and oxygen atoms in total. The third-order valence-electron chi connectivity index (χ3n) is 2.52. The molecule has 1 saturated heterocycles. The summed E-state index contributed by atoms with van der Waals surface area (Å²) in [4.78, 5) is 13.4. The normalized spacial score (nSPS) is 17.2. The quantitative estimate of drug-likeness (QED) is 0.772. The van der Waals surface area contributed by atoms with E-state index in [4.69, 9.17) is 9.84 Å². The fraction of sp³-hybridized carbons (Fsp3) is 0.923. The summed E-state index contributed by atoms with van der Waals surface area (Å²) < 4.78 is 5.27. The molecule has 1 fully saturated rings. The molecule has 0 saturated carbocycles. The molecule has 1 aliphatic heterocycles. The van der Waals surface area contributed by atoms with Crippen LogP contribution in [0.3, 0.4) is 0 Å². The van der Waals surface area contributed by atoms with Crippen LogP contribution >= 0.6 is 0 Å². The van der Waals surface area contributed by atoms with Crippen LogP contribution in [0.25, 0.3) is 0 Å². The van der Waals surface area contributed by atoms with Crippen molar-refractivity contribution in [2.45, 2.75) is 53.1 Å². The second-order valence-electron chi connectivity index (χ2n) is 5.09. The van der Waals surface area contributed by atoms with Gasteiger partial charge in [-0.3, -0.25) is 0 Å². The van der Waals surface area contributed by atoms with Gasteiger partial charge >= 0.3 is 6.09 Å². The van der Waals surface area contributed by atoms with Crippen LogP contribution in [-0.2, 0) is 4.74 Å². The van der Waals surface area contributed by atoms with Crippen molar-refractivity contribution in [2.75, 3.05) is 19.7 Å². The molecular weight excluding hydrogens is 218 g/mol. The summed E-state index contributed by atoms with van der Waals surface area (Å²) in [5.41, 5.74) is -0.426. The largest absolute Gasteiger partial charge is 0.444 e. The molecule has 0 aromatic heterocycles. The van der Waals surface area contributed by atoms with E-state index in [1.165, 1.54) is 0 Å². The highest BCUT2D eigenvalue weighted by Crippen LogP contribution is 2.18. The number of ether oxygens (including phenoxy) is 1. The van der Waals surface area contributed by atoms with E-state index in [2.05, 4.69) is 0 Å². The molecule has 1 aliphatic rings. The average Bonchev–Trinajstić information content (AvgIpc) is 2.29. The number of likely N-dealkylation sites (tertiary alicyclic amines) is 1. The van der Waals surface area contributed by atoms with Gasteiger partial charge in [-0.1, -0.05) is 13.8 Å². The summed E-state index contributed by atoms with van der Waals surface area (Å²) in [6, 6.07) is 0. The molecule has 1 N–H and O–H groups in total. The zero-order valence-corrected chi connectivity index (χ0v) is 11.8. The van der Waals surface area contributed by atoms with Crippen molar-refractivity contribution in [1.82, 2.24) is 4.90 Å². The summed E-state index contributed by atoms with van der Waals surface area (Å²) in [6.45, 7) is 11.2. The third-order valence-corrected chi connectivity index (χ3v) is 2.52. The lowest BCUT2D eigenvalue weighted by Crippen LogP contribution is -2.42. The van der Waals surface area contributed by atoms with Crippen LogP contribution < -0.4 is 0 Å². The highest BCUT2D eigenvalue weighted by atomic mass is 16.6. The second kappa shape index (κ2) is 7.54. The Kier molecular flexibility index (Phi) is 7.19. The fourth-order valence-electron chi connectivity index (χ4n) is 1.62. The van der Waals surface area contributed by atoms with Crippen LogP contribution in [0.5, 0.6) is 0 Å². The van der Waals surface area contributed by atoms with Crippen molar-refractivity contribution in [1.29, 1.82) is 0 Å². The molecule has 0 atom stereocenters. The molecule has 4 heteroatoms. The van der Waals surface area contributed by atoms with E-state index in [0.29, 0.717) is 19.0 Å². The van der Waals surface area contributed by atoms with Crippen molar-refractivity contribution in [3.05, 3.63) is 0 Å². The van der Waals surface area contributed by atoms with Crippen molar-refractivity contribution in [2.24, 2.45) is 5.92 Å². The number of piperidine rings is 1. The maximum Gasteiger partial charge on any atom is 0.410 e. The lowest BCUT2D eigenvalue weighted by molar-refractivity contribution is 0.0159. The van der Waals surface area contributed by atoms with Gasteiger partial charge in [-0.15, -0.1) is 0 Å². The number of rotatable bonds is 1. The summed E-state index contributed by atoms with van der Waals surface area (Å²) in [5.74, 6) is 0.351. The van der Waals surface area contributed by atoms with Gasteiger partial charge in [0.1, 0.15) is 5.60 Å². The summed E-state index contributed by atoms with van der Waals surface area (Å²) in [5, 5.41) is 8.97. The zero-order chi connectivity index (χ0) is 13.5. The maximum absolute atomic E-state index is 11.6. The van der Waals surface area contributed by atoms with Crippen LogP contribution in [0.1, 0.15) is 47.5 Å². The van der Waals surface area contributed by atoms with Crippen LogP contribution in [0.4, 0.5) is 4.79 Å². The number of carbonyl (C=O) groups excluding carboxylic acids is 1. The van der Waals surface area contributed by atoms with Gasteiger partial charge in [0.15, 0.2) is 0 Å². The number of hydrogen-bond acceptors (Lipinski definition) is 3. The van der Waals surface area contributed by atoms with Gasteiger partial charge in [0.05, 0.1) is 0 Å². The van der Waals surface area contributed by atoms with E-state index in [0.717, 1.165) is 12.8 Å². The number of carbonyl (C=O) groups is 1. The van der Waals surface area contributed by atoms with Crippen molar-refractivity contribution < 1.29 is 14.6 Å². The minimum absolute atomic E-state index is 0.224. The van der Waals surface area contributed by atoms with E-state index in [1.807, 2.05) is 34.6 Å². The van der Waals surface area contributed by atoms with Crippen LogP contribution in [-0.4, -0.2) is 41.4 Å². The Hall–Kier alpha value is -0.770. The van der Waals surface area contributed by atoms with Crippen LogP contribution in [0, 0.1) is 5.92 Å². The molecule has 1 rings (SSSR count). The molecular formula is C13H27NO3. The van der Waals surface area contributed by atoms with Crippen molar-refractivity contribution in [3.63, 3.8) is 0 Å². The van der Waals surface area contributed by atoms with E-state index in [9.17, 15) is 4.79 Å². The van der Waals surface area contributed by atoms with Gasteiger partial charge in [-0.2, -0.15) is 0 Å². The molecule has 0 aromatic rings. The Morgan fingerprint density at radius 1 is 1.29 bits per heavy atom. The average molecular weight is 245 g/mol. The topological polar surface area (TPSA) is 49.8 Å². The van der Waals surface area contributed by atoms with Gasteiger partial charge in [0.25, 0.3) is 0 Å². The fourth-order valence-corrected chi connectivity index (χ4v) is 1.62. The monoisotopic (exact) mass is 245 g/mol. The van der Waals surface area contributed by atoms with Gasteiger partial charge in [0, 0.05) is 19.7 Å². The lowest BCUT2D eigenvalue weighted by atomic mass is 9.98. The molecule has 17 heavy (non-hydrogen) atoms. The predicted octanol–water partition coefficient (Wildman–Crippen LogP) is 2.65. The highest BCUT2D eigenvalue weighted by molar-refractivity contribution is 5.68. The molecule has 0 aromatic carbocycles. The van der Waals surface area contributed by atoms with Gasteiger partial charge in [-0.05, 0) is 39.5 Å². The Balaban J connectivity index is 0.00000121. The molecule has 0 unspecified atom stereocenters. The summed E-state index contributed by atoms with van der Waals surface area (Å²) >= 11 is 0. The van der Waals surface area contributed by atoms with E-state index < -0.39 is 5.60 Å². The first kappa shape index (κ1) is 16.2. The predicted molar refractivity (Wildman–Crippen MR) is 69.0 cm³/mol. The molecule has 0 radical (unpaired) electrons. The zero-order valence-electron chi connectivity index (χ0n) is 11.8. The molecule has 1 heterocycles. The molecule has 1 amide bonds. The van der Waals surface area contributed by atoms with Crippen molar-refractivity contribution in [3.8, 4) is 0 Å².